The number of hydrogen-bond donors (Lipinski definition) is 0. The summed E-state index contributed by atoms with van der Waals surface area (Å²) in [6.45, 7) is 12.1. The Balaban J connectivity index is 2.69. The Hall–Kier alpha value is -0.413. The number of allylic oxidation sites excluding steroid dienone is 2. The Morgan fingerprint density at radius 2 is 2.00 bits per heavy atom. The summed E-state index contributed by atoms with van der Waals surface area (Å²) < 4.78 is 6.34. The van der Waals surface area contributed by atoms with Gasteiger partial charge in [-0.3, -0.25) is 0 Å². The Kier molecular flexibility index (Phi) is 4.95. The van der Waals surface area contributed by atoms with Gasteiger partial charge in [0, 0.05) is 18.4 Å². The summed E-state index contributed by atoms with van der Waals surface area (Å²) >= 11 is 0. The van der Waals surface area contributed by atoms with E-state index in [2.05, 4.69) is 46.0 Å². The van der Waals surface area contributed by atoms with Crippen molar-refractivity contribution in [3.63, 3.8) is 0 Å². The van der Waals surface area contributed by atoms with Crippen LogP contribution in [0, 0.1) is 5.41 Å². The second-order valence-corrected chi connectivity index (χ2v) is 11.9. The van der Waals surface area contributed by atoms with Gasteiger partial charge in [-0.2, -0.15) is 0 Å². The number of rotatable bonds is 5. The van der Waals surface area contributed by atoms with Gasteiger partial charge in [-0.15, -0.1) is 0 Å². The zero-order chi connectivity index (χ0) is 13.9. The largest absolute Gasteiger partial charge is 0.416 e. The summed E-state index contributed by atoms with van der Waals surface area (Å²) in [6.07, 6.45) is 9.27. The third kappa shape index (κ3) is 3.79. The van der Waals surface area contributed by atoms with Crippen molar-refractivity contribution in [1.29, 1.82) is 0 Å². The standard InChI is InChI=1S/C15H28O2Si/c1-14(2,3)18(4,5)17-13-15(11-12-16)9-7-6-8-10-15/h6-7,12H,8-11,13H2,1-5H3. The summed E-state index contributed by atoms with van der Waals surface area (Å²) in [5.74, 6) is 0. The highest BCUT2D eigenvalue weighted by Gasteiger charge is 2.40. The van der Waals surface area contributed by atoms with Crippen LogP contribution >= 0.6 is 0 Å². The molecule has 0 bridgehead atoms. The van der Waals surface area contributed by atoms with Gasteiger partial charge < -0.3 is 9.22 Å². The molecule has 1 atom stereocenters. The maximum Gasteiger partial charge on any atom is 0.192 e. The molecule has 1 unspecified atom stereocenters. The summed E-state index contributed by atoms with van der Waals surface area (Å²) in [5, 5.41) is 0.236. The Morgan fingerprint density at radius 1 is 1.33 bits per heavy atom. The number of carbonyl (C=O) groups excluding carboxylic acids is 1. The van der Waals surface area contributed by atoms with E-state index in [1.807, 2.05) is 0 Å². The SMILES string of the molecule is CC(C)(C)[Si](C)(C)OCC1(CC=O)CC=CCC1. The number of hydrogen-bond acceptors (Lipinski definition) is 2. The highest BCUT2D eigenvalue weighted by Crippen LogP contribution is 2.41. The second-order valence-electron chi connectivity index (χ2n) is 7.13. The van der Waals surface area contributed by atoms with Crippen molar-refractivity contribution in [2.75, 3.05) is 6.61 Å². The van der Waals surface area contributed by atoms with Gasteiger partial charge in [-0.05, 0) is 37.4 Å². The molecule has 0 spiro atoms. The number of aldehydes is 1. The Bertz CT molecular complexity index is 315. The Morgan fingerprint density at radius 3 is 2.44 bits per heavy atom. The molecule has 2 nitrogen and oxygen atoms in total. The van der Waals surface area contributed by atoms with E-state index in [1.54, 1.807) is 0 Å². The lowest BCUT2D eigenvalue weighted by Crippen LogP contribution is -2.44. The molecule has 1 rings (SSSR count). The molecular formula is C15H28O2Si. The van der Waals surface area contributed by atoms with Gasteiger partial charge in [0.15, 0.2) is 8.32 Å². The molecule has 0 saturated carbocycles. The summed E-state index contributed by atoms with van der Waals surface area (Å²) in [6, 6.07) is 0. The monoisotopic (exact) mass is 268 g/mol. The molecule has 0 fully saturated rings. The van der Waals surface area contributed by atoms with Crippen molar-refractivity contribution in [3.05, 3.63) is 12.2 Å². The van der Waals surface area contributed by atoms with Gasteiger partial charge in [0.1, 0.15) is 6.29 Å². The maximum atomic E-state index is 10.9. The lowest BCUT2D eigenvalue weighted by molar-refractivity contribution is -0.110. The quantitative estimate of drug-likeness (QED) is 0.421. The lowest BCUT2D eigenvalue weighted by atomic mass is 9.76. The average Bonchev–Trinajstić information content (AvgIpc) is 2.27. The summed E-state index contributed by atoms with van der Waals surface area (Å²) in [4.78, 5) is 10.9. The molecule has 0 radical (unpaired) electrons. The van der Waals surface area contributed by atoms with Crippen LogP contribution in [-0.2, 0) is 9.22 Å². The molecule has 0 aliphatic heterocycles. The van der Waals surface area contributed by atoms with Crippen molar-refractivity contribution < 1.29 is 9.22 Å². The van der Waals surface area contributed by atoms with E-state index >= 15 is 0 Å². The van der Waals surface area contributed by atoms with Gasteiger partial charge in [0.2, 0.25) is 0 Å². The van der Waals surface area contributed by atoms with Crippen LogP contribution in [-0.4, -0.2) is 21.2 Å². The molecule has 104 valence electrons. The maximum absolute atomic E-state index is 10.9. The fraction of sp³-hybridized carbons (Fsp3) is 0.800. The van der Waals surface area contributed by atoms with Crippen LogP contribution in [0.25, 0.3) is 0 Å². The van der Waals surface area contributed by atoms with Gasteiger partial charge >= 0.3 is 0 Å². The van der Waals surface area contributed by atoms with Crippen molar-refractivity contribution in [2.45, 2.75) is 64.6 Å². The minimum atomic E-state index is -1.70. The third-order valence-corrected chi connectivity index (χ3v) is 9.10. The predicted octanol–water partition coefficient (Wildman–Crippen LogP) is 4.32. The minimum Gasteiger partial charge on any atom is -0.416 e. The fourth-order valence-corrected chi connectivity index (χ4v) is 3.15. The average molecular weight is 268 g/mol. The van der Waals surface area contributed by atoms with E-state index in [9.17, 15) is 4.79 Å². The van der Waals surface area contributed by atoms with Crippen LogP contribution in [0.15, 0.2) is 12.2 Å². The van der Waals surface area contributed by atoms with Gasteiger partial charge in [0.25, 0.3) is 0 Å². The molecule has 0 saturated heterocycles. The molecule has 0 amide bonds. The molecule has 3 heteroatoms. The van der Waals surface area contributed by atoms with E-state index in [0.717, 1.165) is 32.2 Å². The zero-order valence-electron chi connectivity index (χ0n) is 12.6. The van der Waals surface area contributed by atoms with Gasteiger partial charge in [-0.1, -0.05) is 32.9 Å². The van der Waals surface area contributed by atoms with Gasteiger partial charge in [0.05, 0.1) is 0 Å². The van der Waals surface area contributed by atoms with Crippen molar-refractivity contribution >= 4 is 14.6 Å². The van der Waals surface area contributed by atoms with Crippen LogP contribution in [0.2, 0.25) is 18.1 Å². The van der Waals surface area contributed by atoms with E-state index in [-0.39, 0.29) is 10.5 Å². The summed E-state index contributed by atoms with van der Waals surface area (Å²) in [5.41, 5.74) is 0.0615. The highest BCUT2D eigenvalue weighted by molar-refractivity contribution is 6.74. The van der Waals surface area contributed by atoms with Crippen molar-refractivity contribution in [2.24, 2.45) is 5.41 Å². The topological polar surface area (TPSA) is 26.3 Å². The van der Waals surface area contributed by atoms with Crippen LogP contribution in [0.1, 0.15) is 46.5 Å². The van der Waals surface area contributed by atoms with Crippen LogP contribution in [0.4, 0.5) is 0 Å². The normalized spacial score (nSPS) is 25.2. The van der Waals surface area contributed by atoms with Crippen molar-refractivity contribution in [1.82, 2.24) is 0 Å². The molecule has 0 aromatic carbocycles. The van der Waals surface area contributed by atoms with Crippen LogP contribution in [0.3, 0.4) is 0 Å². The second kappa shape index (κ2) is 5.70. The van der Waals surface area contributed by atoms with E-state index in [4.69, 9.17) is 4.43 Å². The summed E-state index contributed by atoms with van der Waals surface area (Å²) in [7, 11) is -1.70. The minimum absolute atomic E-state index is 0.0615. The predicted molar refractivity (Wildman–Crippen MR) is 79.3 cm³/mol. The fourth-order valence-electron chi connectivity index (χ4n) is 2.04. The van der Waals surface area contributed by atoms with E-state index in [0.29, 0.717) is 6.42 Å². The highest BCUT2D eigenvalue weighted by atomic mass is 28.4. The van der Waals surface area contributed by atoms with Crippen LogP contribution in [0.5, 0.6) is 0 Å². The molecule has 1 aliphatic rings. The Labute approximate surface area is 113 Å². The lowest BCUT2D eigenvalue weighted by Gasteiger charge is -2.41. The van der Waals surface area contributed by atoms with Gasteiger partial charge in [-0.25, -0.2) is 0 Å². The molecule has 18 heavy (non-hydrogen) atoms. The third-order valence-electron chi connectivity index (χ3n) is 4.62. The van der Waals surface area contributed by atoms with Crippen LogP contribution < -0.4 is 0 Å². The first-order valence-electron chi connectivity index (χ1n) is 6.95. The molecule has 1 aliphatic carbocycles. The first kappa shape index (κ1) is 15.6. The first-order valence-corrected chi connectivity index (χ1v) is 9.86. The first-order chi connectivity index (χ1) is 8.22. The van der Waals surface area contributed by atoms with E-state index in [1.165, 1.54) is 0 Å². The van der Waals surface area contributed by atoms with Crippen molar-refractivity contribution in [3.8, 4) is 0 Å². The smallest absolute Gasteiger partial charge is 0.192 e. The van der Waals surface area contributed by atoms with E-state index < -0.39 is 8.32 Å². The molecule has 0 aromatic heterocycles. The zero-order valence-corrected chi connectivity index (χ0v) is 13.6. The number of carbonyl (C=O) groups is 1. The molecular weight excluding hydrogens is 240 g/mol. The molecule has 0 heterocycles. The molecule has 0 aromatic rings. The molecule has 0 N–H and O–H groups in total.